The van der Waals surface area contributed by atoms with E-state index in [1.54, 1.807) is 0 Å². The zero-order valence-corrected chi connectivity index (χ0v) is 8.67. The molecule has 0 aliphatic heterocycles. The van der Waals surface area contributed by atoms with Crippen LogP contribution in [0.3, 0.4) is 0 Å². The van der Waals surface area contributed by atoms with Crippen LogP contribution in [0.1, 0.15) is 5.56 Å². The lowest BCUT2D eigenvalue weighted by atomic mass is 10.2. The number of benzene rings is 1. The van der Waals surface area contributed by atoms with E-state index in [1.165, 1.54) is 13.2 Å². The van der Waals surface area contributed by atoms with E-state index in [0.717, 1.165) is 12.1 Å². The lowest BCUT2D eigenvalue weighted by Crippen LogP contribution is -2.11. The highest BCUT2D eigenvalue weighted by Crippen LogP contribution is 2.35. The van der Waals surface area contributed by atoms with Crippen molar-refractivity contribution in [2.45, 2.75) is 6.18 Å². The fourth-order valence-electron chi connectivity index (χ4n) is 1.13. The molecule has 0 saturated carbocycles. The Balaban J connectivity index is 2.97. The Hall–Kier alpha value is -1.43. The van der Waals surface area contributed by atoms with E-state index >= 15 is 0 Å². The molecule has 0 heterocycles. The molecular weight excluding hydrogens is 223 g/mol. The second kappa shape index (κ2) is 5.07. The van der Waals surface area contributed by atoms with Gasteiger partial charge < -0.3 is 15.2 Å². The molecule has 0 amide bonds. The summed E-state index contributed by atoms with van der Waals surface area (Å²) in [5, 5.41) is 0. The fourth-order valence-corrected chi connectivity index (χ4v) is 1.13. The molecule has 0 atom stereocenters. The van der Waals surface area contributed by atoms with Crippen molar-refractivity contribution in [2.75, 3.05) is 20.3 Å². The molecule has 0 aliphatic rings. The summed E-state index contributed by atoms with van der Waals surface area (Å²) >= 11 is 0. The minimum atomic E-state index is -4.39. The standard InChI is InChI=1S/C10H12F3NO2/c1-15-9-6-7(10(11,12)13)2-3-8(9)16-5-4-14/h2-3,6H,4-5,14H2,1H3. The highest BCUT2D eigenvalue weighted by atomic mass is 19.4. The smallest absolute Gasteiger partial charge is 0.416 e. The summed E-state index contributed by atoms with van der Waals surface area (Å²) in [7, 11) is 1.28. The maximum Gasteiger partial charge on any atom is 0.416 e. The number of ether oxygens (including phenoxy) is 2. The Morgan fingerprint density at radius 2 is 1.94 bits per heavy atom. The number of methoxy groups -OCH3 is 1. The molecule has 0 bridgehead atoms. The van der Waals surface area contributed by atoms with Gasteiger partial charge in [-0.3, -0.25) is 0 Å². The largest absolute Gasteiger partial charge is 0.493 e. The minimum absolute atomic E-state index is 0.0447. The van der Waals surface area contributed by atoms with E-state index in [2.05, 4.69) is 0 Å². The van der Waals surface area contributed by atoms with Crippen LogP contribution in [0.5, 0.6) is 11.5 Å². The van der Waals surface area contributed by atoms with Gasteiger partial charge in [0.1, 0.15) is 6.61 Å². The van der Waals surface area contributed by atoms with Crippen LogP contribution in [0.4, 0.5) is 13.2 Å². The molecule has 0 aromatic heterocycles. The van der Waals surface area contributed by atoms with Crippen LogP contribution in [-0.4, -0.2) is 20.3 Å². The minimum Gasteiger partial charge on any atom is -0.493 e. The summed E-state index contributed by atoms with van der Waals surface area (Å²) < 4.78 is 47.1. The second-order valence-electron chi connectivity index (χ2n) is 3.00. The van der Waals surface area contributed by atoms with Crippen molar-refractivity contribution < 1.29 is 22.6 Å². The summed E-state index contributed by atoms with van der Waals surface area (Å²) in [6.45, 7) is 0.506. The van der Waals surface area contributed by atoms with Gasteiger partial charge in [0.05, 0.1) is 12.7 Å². The fraction of sp³-hybridized carbons (Fsp3) is 0.400. The Morgan fingerprint density at radius 1 is 1.25 bits per heavy atom. The summed E-state index contributed by atoms with van der Waals surface area (Å²) in [6.07, 6.45) is -4.39. The van der Waals surface area contributed by atoms with E-state index in [-0.39, 0.29) is 24.7 Å². The molecule has 1 aromatic rings. The Morgan fingerprint density at radius 3 is 2.44 bits per heavy atom. The first kappa shape index (κ1) is 12.6. The van der Waals surface area contributed by atoms with Gasteiger partial charge in [0, 0.05) is 6.54 Å². The van der Waals surface area contributed by atoms with Gasteiger partial charge in [0.2, 0.25) is 0 Å². The summed E-state index contributed by atoms with van der Waals surface area (Å²) in [4.78, 5) is 0. The lowest BCUT2D eigenvalue weighted by molar-refractivity contribution is -0.137. The van der Waals surface area contributed by atoms with E-state index in [0.29, 0.717) is 0 Å². The van der Waals surface area contributed by atoms with Gasteiger partial charge in [-0.25, -0.2) is 0 Å². The molecule has 90 valence electrons. The zero-order valence-electron chi connectivity index (χ0n) is 8.67. The topological polar surface area (TPSA) is 44.5 Å². The first-order valence-electron chi connectivity index (χ1n) is 4.57. The third-order valence-electron chi connectivity index (χ3n) is 1.87. The summed E-state index contributed by atoms with van der Waals surface area (Å²) in [5.74, 6) is 0.296. The molecule has 3 nitrogen and oxygen atoms in total. The van der Waals surface area contributed by atoms with Crippen molar-refractivity contribution in [3.8, 4) is 11.5 Å². The Bertz CT molecular complexity index is 352. The van der Waals surface area contributed by atoms with Gasteiger partial charge in [0.15, 0.2) is 11.5 Å². The number of hydrogen-bond acceptors (Lipinski definition) is 3. The van der Waals surface area contributed by atoms with E-state index in [1.807, 2.05) is 0 Å². The zero-order chi connectivity index (χ0) is 12.2. The van der Waals surface area contributed by atoms with Crippen LogP contribution in [0.2, 0.25) is 0 Å². The third kappa shape index (κ3) is 3.03. The highest BCUT2D eigenvalue weighted by molar-refractivity contribution is 5.43. The van der Waals surface area contributed by atoms with E-state index in [4.69, 9.17) is 15.2 Å². The molecule has 0 spiro atoms. The molecule has 0 unspecified atom stereocenters. The number of rotatable bonds is 4. The van der Waals surface area contributed by atoms with Crippen LogP contribution < -0.4 is 15.2 Å². The number of nitrogens with two attached hydrogens (primary N) is 1. The molecule has 2 N–H and O–H groups in total. The second-order valence-corrected chi connectivity index (χ2v) is 3.00. The number of hydrogen-bond donors (Lipinski definition) is 1. The van der Waals surface area contributed by atoms with E-state index in [9.17, 15) is 13.2 Å². The maximum absolute atomic E-state index is 12.4. The normalized spacial score (nSPS) is 11.3. The Kier molecular flexibility index (Phi) is 4.00. The SMILES string of the molecule is COc1cc(C(F)(F)F)ccc1OCCN. The van der Waals surface area contributed by atoms with Crippen LogP contribution in [-0.2, 0) is 6.18 Å². The van der Waals surface area contributed by atoms with Crippen molar-refractivity contribution in [2.24, 2.45) is 5.73 Å². The molecule has 16 heavy (non-hydrogen) atoms. The van der Waals surface area contributed by atoms with Crippen LogP contribution in [0, 0.1) is 0 Å². The van der Waals surface area contributed by atoms with E-state index < -0.39 is 11.7 Å². The first-order valence-corrected chi connectivity index (χ1v) is 4.57. The van der Waals surface area contributed by atoms with Gasteiger partial charge in [-0.2, -0.15) is 13.2 Å². The van der Waals surface area contributed by atoms with Crippen LogP contribution >= 0.6 is 0 Å². The van der Waals surface area contributed by atoms with Gasteiger partial charge in [-0.15, -0.1) is 0 Å². The average Bonchev–Trinajstić information content (AvgIpc) is 2.24. The van der Waals surface area contributed by atoms with Crippen molar-refractivity contribution in [3.63, 3.8) is 0 Å². The number of alkyl halides is 3. The number of halogens is 3. The van der Waals surface area contributed by atoms with Crippen molar-refractivity contribution in [3.05, 3.63) is 23.8 Å². The van der Waals surface area contributed by atoms with Gasteiger partial charge in [0.25, 0.3) is 0 Å². The predicted octanol–water partition coefficient (Wildman–Crippen LogP) is 2.05. The highest BCUT2D eigenvalue weighted by Gasteiger charge is 2.31. The quantitative estimate of drug-likeness (QED) is 0.868. The molecular formula is C10H12F3NO2. The van der Waals surface area contributed by atoms with Gasteiger partial charge in [-0.1, -0.05) is 0 Å². The Labute approximate surface area is 91.0 Å². The monoisotopic (exact) mass is 235 g/mol. The average molecular weight is 235 g/mol. The predicted molar refractivity (Wildman–Crippen MR) is 52.5 cm³/mol. The van der Waals surface area contributed by atoms with Gasteiger partial charge >= 0.3 is 6.18 Å². The molecule has 1 rings (SSSR count). The molecule has 1 aromatic carbocycles. The molecule has 0 radical (unpaired) electrons. The first-order chi connectivity index (χ1) is 7.49. The summed E-state index contributed by atoms with van der Waals surface area (Å²) in [6, 6.07) is 3.05. The van der Waals surface area contributed by atoms with Crippen LogP contribution in [0.25, 0.3) is 0 Å². The van der Waals surface area contributed by atoms with Gasteiger partial charge in [-0.05, 0) is 18.2 Å². The lowest BCUT2D eigenvalue weighted by Gasteiger charge is -2.12. The van der Waals surface area contributed by atoms with Crippen molar-refractivity contribution >= 4 is 0 Å². The van der Waals surface area contributed by atoms with Crippen LogP contribution in [0.15, 0.2) is 18.2 Å². The summed E-state index contributed by atoms with van der Waals surface area (Å²) in [5.41, 5.74) is 4.45. The third-order valence-corrected chi connectivity index (χ3v) is 1.87. The van der Waals surface area contributed by atoms with Crippen molar-refractivity contribution in [1.82, 2.24) is 0 Å². The molecule has 0 aliphatic carbocycles. The van der Waals surface area contributed by atoms with Crippen molar-refractivity contribution in [1.29, 1.82) is 0 Å². The maximum atomic E-state index is 12.4. The molecule has 0 saturated heterocycles. The molecule has 0 fully saturated rings. The molecule has 6 heteroatoms.